The smallest absolute Gasteiger partial charge is 0.460 e. The van der Waals surface area contributed by atoms with E-state index in [0.29, 0.717) is 0 Å². The third-order valence-electron chi connectivity index (χ3n) is 5.53. The number of hydrogen-bond acceptors (Lipinski definition) is 1. The molecule has 0 saturated carbocycles. The molecule has 31 heteroatoms. The molecule has 47 heavy (non-hydrogen) atoms. The molecule has 0 aliphatic carbocycles. The molecule has 0 bridgehead atoms. The predicted octanol–water partition coefficient (Wildman–Crippen LogP) is 9.28. The molecule has 0 aliphatic heterocycles. The largest absolute Gasteiger partial charge is 0.481 e. The molecule has 0 fully saturated rings. The predicted molar refractivity (Wildman–Crippen MR) is 82.6 cm³/mol. The van der Waals surface area contributed by atoms with Gasteiger partial charge in [0.25, 0.3) is 0 Å². The van der Waals surface area contributed by atoms with Crippen LogP contribution in [0.1, 0.15) is 6.42 Å². The molecule has 0 unspecified atom stereocenters. The van der Waals surface area contributed by atoms with E-state index in [9.17, 15) is 132 Å². The molecule has 1 N–H and O–H groups in total. The highest BCUT2D eigenvalue weighted by Crippen LogP contribution is 2.69. The molecule has 0 radical (unpaired) electrons. The second-order valence-corrected chi connectivity index (χ2v) is 8.67. The third kappa shape index (κ3) is 5.23. The average Bonchev–Trinajstić information content (AvgIpc) is 2.80. The Kier molecular flexibility index (Phi) is 10.1. The van der Waals surface area contributed by atoms with E-state index in [-0.39, 0.29) is 0 Å². The van der Waals surface area contributed by atoms with Crippen molar-refractivity contribution in [1.82, 2.24) is 0 Å². The van der Waals surface area contributed by atoms with Gasteiger partial charge in [0.15, 0.2) is 0 Å². The zero-order valence-electron chi connectivity index (χ0n) is 20.0. The molecule has 0 aromatic heterocycles. The third-order valence-corrected chi connectivity index (χ3v) is 5.53. The number of halogens is 29. The van der Waals surface area contributed by atoms with Gasteiger partial charge in [-0.1, -0.05) is 0 Å². The molecule has 0 aliphatic rings. The van der Waals surface area contributed by atoms with E-state index >= 15 is 0 Å². The Hall–Kier alpha value is -2.56. The van der Waals surface area contributed by atoms with Crippen molar-refractivity contribution in [2.45, 2.75) is 89.6 Å². The Balaban J connectivity index is 7.55. The number of hydrogen-bond donors (Lipinski definition) is 1. The zero-order valence-corrected chi connectivity index (χ0v) is 20.0. The van der Waals surface area contributed by atoms with Crippen LogP contribution in [0, 0.1) is 0 Å². The van der Waals surface area contributed by atoms with E-state index in [1.807, 2.05) is 0 Å². The minimum atomic E-state index is -9.98. The van der Waals surface area contributed by atoms with Crippen molar-refractivity contribution in [2.75, 3.05) is 0 Å². The van der Waals surface area contributed by atoms with Crippen molar-refractivity contribution >= 4 is 5.97 Å². The van der Waals surface area contributed by atoms with Crippen molar-refractivity contribution in [3.63, 3.8) is 0 Å². The maximum Gasteiger partial charge on any atom is 0.460 e. The van der Waals surface area contributed by atoms with Crippen LogP contribution in [-0.2, 0) is 4.79 Å². The molecule has 0 atom stereocenters. The minimum absolute atomic E-state index is 3.46. The summed E-state index contributed by atoms with van der Waals surface area (Å²) < 4.78 is 385. The first kappa shape index (κ1) is 44.4. The lowest BCUT2D eigenvalue weighted by Gasteiger charge is -2.46. The van der Waals surface area contributed by atoms with Crippen molar-refractivity contribution in [3.05, 3.63) is 0 Å². The lowest BCUT2D eigenvalue weighted by Crippen LogP contribution is -2.79. The quantitative estimate of drug-likeness (QED) is 0.179. The van der Waals surface area contributed by atoms with Gasteiger partial charge in [-0.15, -0.1) is 0 Å². The highest BCUT2D eigenvalue weighted by Gasteiger charge is 3.00. The van der Waals surface area contributed by atoms with Crippen LogP contribution in [0.3, 0.4) is 0 Å². The normalized spacial score (nSPS) is 16.9. The minimum Gasteiger partial charge on any atom is -0.481 e. The molecule has 2 nitrogen and oxygen atoms in total. The Morgan fingerprint density at radius 3 is 0.596 bits per heavy atom. The Labute approximate surface area is 234 Å². The van der Waals surface area contributed by atoms with Crippen LogP contribution in [0.15, 0.2) is 0 Å². The summed E-state index contributed by atoms with van der Waals surface area (Å²) >= 11 is 0. The maximum atomic E-state index is 13.7. The van der Waals surface area contributed by atoms with Crippen LogP contribution >= 0.6 is 0 Å². The Morgan fingerprint density at radius 2 is 0.447 bits per heavy atom. The van der Waals surface area contributed by atoms with Crippen molar-refractivity contribution < 1.29 is 137 Å². The molecule has 0 spiro atoms. The van der Waals surface area contributed by atoms with Gasteiger partial charge in [0.05, 0.1) is 0 Å². The maximum absolute atomic E-state index is 13.7. The summed E-state index contributed by atoms with van der Waals surface area (Å²) in [5, 5.41) is 7.87. The number of rotatable bonds is 14. The Morgan fingerprint density at radius 1 is 0.298 bits per heavy atom. The van der Waals surface area contributed by atoms with Gasteiger partial charge in [-0.3, -0.25) is 4.79 Å². The molecule has 0 heterocycles. The number of aliphatic carboxylic acids is 1. The molecular formula is C16H3F29O2. The SMILES string of the molecule is O=C(O)CC(F)(F)C(F)(F)C(F)(F)C(F)(F)C(F)(F)C(F)(F)C(F)(F)C(F)(F)C(F)(F)C(F)(F)C(F)(F)C(F)(F)C(F)(F)C(F)(F)F. The van der Waals surface area contributed by atoms with E-state index in [0.717, 1.165) is 0 Å². The standard InChI is InChI=1S/C16H3F29O2/c17-3(18,1-2(46)47)4(19,20)5(21,22)6(23,24)7(25,26)8(27,28)9(29,30)10(31,32)11(33,34)12(35,36)13(37,38)14(39,40)15(41,42)16(43,44)45/h1H2,(H,46,47). The highest BCUT2D eigenvalue weighted by molar-refractivity contribution is 5.68. The van der Waals surface area contributed by atoms with E-state index < -0.39 is 95.6 Å². The van der Waals surface area contributed by atoms with Gasteiger partial charge in [-0.05, 0) is 0 Å². The van der Waals surface area contributed by atoms with Gasteiger partial charge < -0.3 is 5.11 Å². The summed E-state index contributed by atoms with van der Waals surface area (Å²) in [5.41, 5.74) is 0. The second-order valence-electron chi connectivity index (χ2n) is 8.67. The summed E-state index contributed by atoms with van der Waals surface area (Å²) in [6.07, 6.45) is -12.2. The summed E-state index contributed by atoms with van der Waals surface area (Å²) in [5.74, 6) is -125. The number of alkyl halides is 29. The average molecular weight is 778 g/mol. The van der Waals surface area contributed by atoms with Crippen LogP contribution in [-0.4, -0.2) is 94.2 Å². The monoisotopic (exact) mass is 778 g/mol. The highest BCUT2D eigenvalue weighted by atomic mass is 19.4. The number of carboxylic acid groups (broad SMARTS) is 1. The first-order valence-electron chi connectivity index (χ1n) is 9.87. The lowest BCUT2D eigenvalue weighted by atomic mass is 9.83. The summed E-state index contributed by atoms with van der Waals surface area (Å²) in [7, 11) is 0. The van der Waals surface area contributed by atoms with Gasteiger partial charge in [0.1, 0.15) is 6.42 Å². The van der Waals surface area contributed by atoms with E-state index in [2.05, 4.69) is 0 Å². The van der Waals surface area contributed by atoms with E-state index in [1.54, 1.807) is 0 Å². The number of carbonyl (C=O) groups is 1. The fourth-order valence-electron chi connectivity index (χ4n) is 2.68. The van der Waals surface area contributed by atoms with Crippen molar-refractivity contribution in [1.29, 1.82) is 0 Å². The van der Waals surface area contributed by atoms with Crippen molar-refractivity contribution in [2.24, 2.45) is 0 Å². The lowest BCUT2D eigenvalue weighted by molar-refractivity contribution is -0.487. The second kappa shape index (κ2) is 10.7. The van der Waals surface area contributed by atoms with Crippen molar-refractivity contribution in [3.8, 4) is 0 Å². The fourth-order valence-corrected chi connectivity index (χ4v) is 2.68. The van der Waals surface area contributed by atoms with Crippen LogP contribution in [0.5, 0.6) is 0 Å². The summed E-state index contributed by atoms with van der Waals surface area (Å²) in [6.45, 7) is 0. The van der Waals surface area contributed by atoms with Gasteiger partial charge >= 0.3 is 89.1 Å². The fraction of sp³-hybridized carbons (Fsp3) is 0.938. The zero-order chi connectivity index (χ0) is 39.3. The molecular weight excluding hydrogens is 775 g/mol. The van der Waals surface area contributed by atoms with Gasteiger partial charge in [-0.2, -0.15) is 127 Å². The van der Waals surface area contributed by atoms with E-state index in [4.69, 9.17) is 5.11 Å². The van der Waals surface area contributed by atoms with Gasteiger partial charge in [0.2, 0.25) is 0 Å². The van der Waals surface area contributed by atoms with Crippen LogP contribution in [0.4, 0.5) is 127 Å². The molecule has 0 aromatic carbocycles. The Bertz CT molecular complexity index is 1170. The van der Waals surface area contributed by atoms with Gasteiger partial charge in [0, 0.05) is 0 Å². The van der Waals surface area contributed by atoms with Gasteiger partial charge in [-0.25, -0.2) is 0 Å². The molecule has 0 amide bonds. The van der Waals surface area contributed by atoms with Crippen LogP contribution in [0.2, 0.25) is 0 Å². The number of carboxylic acids is 1. The summed E-state index contributed by atoms with van der Waals surface area (Å²) in [6, 6.07) is 0. The molecule has 0 rings (SSSR count). The van der Waals surface area contributed by atoms with E-state index in [1.165, 1.54) is 0 Å². The molecule has 282 valence electrons. The van der Waals surface area contributed by atoms with Crippen LogP contribution in [0.25, 0.3) is 0 Å². The molecule has 0 aromatic rings. The summed E-state index contributed by atoms with van der Waals surface area (Å²) in [4.78, 5) is 10.0. The van der Waals surface area contributed by atoms with Crippen LogP contribution < -0.4 is 0 Å². The topological polar surface area (TPSA) is 37.3 Å². The first-order valence-corrected chi connectivity index (χ1v) is 9.87. The molecule has 0 saturated heterocycles. The first-order chi connectivity index (χ1) is 19.7.